The molecule has 2 unspecified atom stereocenters. The zero-order chi connectivity index (χ0) is 14.5. The standard InChI is InChI=1S/C13H25F3N2O/c1-17-12(10-19)6-3-4-11(12)5-8-18(2)9-7-13(14,15)16/h11,17,19H,3-10H2,1-2H3. The molecule has 0 aromatic rings. The summed E-state index contributed by atoms with van der Waals surface area (Å²) in [6, 6.07) is 0. The van der Waals surface area contributed by atoms with E-state index >= 15 is 0 Å². The van der Waals surface area contributed by atoms with E-state index in [9.17, 15) is 18.3 Å². The first-order valence-electron chi connectivity index (χ1n) is 6.88. The first-order chi connectivity index (χ1) is 8.83. The number of nitrogens with zero attached hydrogens (tertiary/aromatic N) is 1. The normalized spacial score (nSPS) is 28.3. The second-order valence-corrected chi connectivity index (χ2v) is 5.61. The molecule has 1 saturated carbocycles. The summed E-state index contributed by atoms with van der Waals surface area (Å²) in [7, 11) is 3.57. The minimum atomic E-state index is -4.08. The summed E-state index contributed by atoms with van der Waals surface area (Å²) in [4.78, 5) is 1.73. The molecule has 3 nitrogen and oxygen atoms in total. The van der Waals surface area contributed by atoms with Crippen LogP contribution in [0.25, 0.3) is 0 Å². The third-order valence-corrected chi connectivity index (χ3v) is 4.37. The Morgan fingerprint density at radius 1 is 1.37 bits per heavy atom. The fourth-order valence-electron chi connectivity index (χ4n) is 2.99. The molecule has 0 heterocycles. The van der Waals surface area contributed by atoms with E-state index in [1.54, 1.807) is 11.9 Å². The van der Waals surface area contributed by atoms with Crippen LogP contribution in [0.3, 0.4) is 0 Å². The smallest absolute Gasteiger partial charge is 0.390 e. The van der Waals surface area contributed by atoms with Gasteiger partial charge in [-0.3, -0.25) is 0 Å². The molecule has 1 rings (SSSR count). The summed E-state index contributed by atoms with van der Waals surface area (Å²) in [6.07, 6.45) is -0.966. The molecule has 0 radical (unpaired) electrons. The van der Waals surface area contributed by atoms with Crippen molar-refractivity contribution in [3.8, 4) is 0 Å². The average molecular weight is 282 g/mol. The van der Waals surface area contributed by atoms with Crippen molar-refractivity contribution in [2.75, 3.05) is 33.8 Å². The van der Waals surface area contributed by atoms with Gasteiger partial charge in [-0.05, 0) is 45.8 Å². The fourth-order valence-corrected chi connectivity index (χ4v) is 2.99. The van der Waals surface area contributed by atoms with Crippen LogP contribution < -0.4 is 5.32 Å². The number of likely N-dealkylation sites (N-methyl/N-ethyl adjacent to an activating group) is 1. The maximum Gasteiger partial charge on any atom is 0.390 e. The van der Waals surface area contributed by atoms with E-state index in [0.717, 1.165) is 25.7 Å². The van der Waals surface area contributed by atoms with Gasteiger partial charge in [-0.15, -0.1) is 0 Å². The van der Waals surface area contributed by atoms with Crippen molar-refractivity contribution in [1.29, 1.82) is 0 Å². The van der Waals surface area contributed by atoms with Gasteiger partial charge in [-0.1, -0.05) is 6.42 Å². The number of hydrogen-bond donors (Lipinski definition) is 2. The topological polar surface area (TPSA) is 35.5 Å². The van der Waals surface area contributed by atoms with Gasteiger partial charge in [0.25, 0.3) is 0 Å². The quantitative estimate of drug-likeness (QED) is 0.750. The lowest BCUT2D eigenvalue weighted by molar-refractivity contribution is -0.137. The maximum atomic E-state index is 12.1. The maximum absolute atomic E-state index is 12.1. The highest BCUT2D eigenvalue weighted by atomic mass is 19.4. The van der Waals surface area contributed by atoms with Crippen molar-refractivity contribution in [3.63, 3.8) is 0 Å². The lowest BCUT2D eigenvalue weighted by Gasteiger charge is -2.34. The molecule has 0 aromatic carbocycles. The molecule has 1 aliphatic carbocycles. The third kappa shape index (κ3) is 4.93. The minimum Gasteiger partial charge on any atom is -0.394 e. The van der Waals surface area contributed by atoms with Crippen molar-refractivity contribution < 1.29 is 18.3 Å². The van der Waals surface area contributed by atoms with Gasteiger partial charge in [0.05, 0.1) is 13.0 Å². The molecular formula is C13H25F3N2O. The second kappa shape index (κ2) is 6.90. The molecule has 6 heteroatoms. The molecule has 0 aromatic heterocycles. The summed E-state index contributed by atoms with van der Waals surface area (Å²) in [5.41, 5.74) is -0.231. The van der Waals surface area contributed by atoms with E-state index in [1.165, 1.54) is 0 Å². The lowest BCUT2D eigenvalue weighted by atomic mass is 9.85. The predicted octanol–water partition coefficient (Wildman–Crippen LogP) is 2.01. The van der Waals surface area contributed by atoms with Gasteiger partial charge in [0, 0.05) is 12.1 Å². The van der Waals surface area contributed by atoms with Crippen LogP contribution >= 0.6 is 0 Å². The highest BCUT2D eigenvalue weighted by Crippen LogP contribution is 2.37. The van der Waals surface area contributed by atoms with Gasteiger partial charge >= 0.3 is 6.18 Å². The summed E-state index contributed by atoms with van der Waals surface area (Å²) >= 11 is 0. The number of rotatable bonds is 7. The summed E-state index contributed by atoms with van der Waals surface area (Å²) in [6.45, 7) is 0.784. The van der Waals surface area contributed by atoms with Gasteiger partial charge in [0.2, 0.25) is 0 Å². The van der Waals surface area contributed by atoms with Gasteiger partial charge in [0.1, 0.15) is 0 Å². The predicted molar refractivity (Wildman–Crippen MR) is 69.0 cm³/mol. The Morgan fingerprint density at radius 3 is 2.58 bits per heavy atom. The number of hydrogen-bond acceptors (Lipinski definition) is 3. The fraction of sp³-hybridized carbons (Fsp3) is 1.00. The molecule has 0 spiro atoms. The van der Waals surface area contributed by atoms with Crippen LogP contribution in [0.4, 0.5) is 13.2 Å². The van der Waals surface area contributed by atoms with Crippen molar-refractivity contribution in [2.45, 2.75) is 43.8 Å². The van der Waals surface area contributed by atoms with E-state index in [1.807, 2.05) is 7.05 Å². The van der Waals surface area contributed by atoms with Crippen molar-refractivity contribution in [1.82, 2.24) is 10.2 Å². The largest absolute Gasteiger partial charge is 0.394 e. The molecule has 1 aliphatic rings. The van der Waals surface area contributed by atoms with Crippen molar-refractivity contribution in [3.05, 3.63) is 0 Å². The second-order valence-electron chi connectivity index (χ2n) is 5.61. The van der Waals surface area contributed by atoms with Crippen molar-refractivity contribution >= 4 is 0 Å². The van der Waals surface area contributed by atoms with E-state index < -0.39 is 12.6 Å². The summed E-state index contributed by atoms with van der Waals surface area (Å²) < 4.78 is 36.4. The molecule has 2 atom stereocenters. The van der Waals surface area contributed by atoms with Gasteiger partial charge in [-0.2, -0.15) is 13.2 Å². The molecule has 19 heavy (non-hydrogen) atoms. The molecular weight excluding hydrogens is 257 g/mol. The highest BCUT2D eigenvalue weighted by molar-refractivity contribution is 4.98. The van der Waals surface area contributed by atoms with E-state index in [-0.39, 0.29) is 18.7 Å². The molecule has 0 bridgehead atoms. The molecule has 0 saturated heterocycles. The number of nitrogens with one attached hydrogen (secondary N) is 1. The van der Waals surface area contributed by atoms with Gasteiger partial charge < -0.3 is 15.3 Å². The first-order valence-corrected chi connectivity index (χ1v) is 6.88. The molecule has 114 valence electrons. The van der Waals surface area contributed by atoms with Crippen LogP contribution in [0.15, 0.2) is 0 Å². The SMILES string of the molecule is CNC1(CO)CCCC1CCN(C)CCC(F)(F)F. The molecule has 0 amide bonds. The average Bonchev–Trinajstić information content (AvgIpc) is 2.76. The van der Waals surface area contributed by atoms with Crippen LogP contribution in [0.5, 0.6) is 0 Å². The summed E-state index contributed by atoms with van der Waals surface area (Å²) in [5, 5.41) is 12.7. The Balaban J connectivity index is 2.35. The highest BCUT2D eigenvalue weighted by Gasteiger charge is 2.40. The Bertz CT molecular complexity index is 267. The Morgan fingerprint density at radius 2 is 2.05 bits per heavy atom. The van der Waals surface area contributed by atoms with E-state index in [4.69, 9.17) is 0 Å². The van der Waals surface area contributed by atoms with Crippen LogP contribution in [0.2, 0.25) is 0 Å². The van der Waals surface area contributed by atoms with E-state index in [2.05, 4.69) is 5.32 Å². The van der Waals surface area contributed by atoms with Gasteiger partial charge in [0.15, 0.2) is 0 Å². The van der Waals surface area contributed by atoms with Crippen LogP contribution in [0, 0.1) is 5.92 Å². The van der Waals surface area contributed by atoms with Gasteiger partial charge in [-0.25, -0.2) is 0 Å². The van der Waals surface area contributed by atoms with Crippen LogP contribution in [-0.4, -0.2) is 55.5 Å². The number of halogens is 3. The Hall–Kier alpha value is -0.330. The Labute approximate surface area is 113 Å². The zero-order valence-corrected chi connectivity index (χ0v) is 11.8. The van der Waals surface area contributed by atoms with E-state index in [0.29, 0.717) is 12.5 Å². The Kier molecular flexibility index (Phi) is 6.08. The molecule has 1 fully saturated rings. The molecule has 0 aliphatic heterocycles. The third-order valence-electron chi connectivity index (χ3n) is 4.37. The van der Waals surface area contributed by atoms with Crippen LogP contribution in [0.1, 0.15) is 32.1 Å². The molecule has 2 N–H and O–H groups in total. The summed E-state index contributed by atoms with van der Waals surface area (Å²) in [5.74, 6) is 0.343. The monoisotopic (exact) mass is 282 g/mol. The number of aliphatic hydroxyl groups excluding tert-OH is 1. The minimum absolute atomic E-state index is 0.0436. The zero-order valence-electron chi connectivity index (χ0n) is 11.8. The van der Waals surface area contributed by atoms with Crippen molar-refractivity contribution in [2.24, 2.45) is 5.92 Å². The number of alkyl halides is 3. The first kappa shape index (κ1) is 16.7. The number of aliphatic hydroxyl groups is 1. The van der Waals surface area contributed by atoms with Crippen LogP contribution in [-0.2, 0) is 0 Å². The lowest BCUT2D eigenvalue weighted by Crippen LogP contribution is -2.50.